The number of nitrogens with zero attached hydrogens (tertiary/aromatic N) is 2. The second-order valence-corrected chi connectivity index (χ2v) is 7.80. The van der Waals surface area contributed by atoms with Gasteiger partial charge < -0.3 is 4.74 Å². The van der Waals surface area contributed by atoms with Gasteiger partial charge in [0, 0.05) is 5.56 Å². The molecule has 2 aromatic rings. The molecule has 1 saturated carbocycles. The normalized spacial score (nSPS) is 18.9. The van der Waals surface area contributed by atoms with Gasteiger partial charge in [-0.05, 0) is 67.6 Å². The molecule has 0 unspecified atom stereocenters. The third-order valence-corrected chi connectivity index (χ3v) is 5.77. The highest BCUT2D eigenvalue weighted by molar-refractivity contribution is 5.40. The van der Waals surface area contributed by atoms with Crippen molar-refractivity contribution in [2.45, 2.75) is 71.1 Å². The van der Waals surface area contributed by atoms with E-state index in [1.54, 1.807) is 12.4 Å². The highest BCUT2D eigenvalue weighted by Crippen LogP contribution is 2.36. The van der Waals surface area contributed by atoms with Gasteiger partial charge in [0.2, 0.25) is 5.82 Å². The summed E-state index contributed by atoms with van der Waals surface area (Å²) in [6.07, 6.45) is 13.6. The molecule has 1 fully saturated rings. The van der Waals surface area contributed by atoms with Crippen molar-refractivity contribution in [1.82, 2.24) is 9.97 Å². The number of hydrogen-bond donors (Lipinski definition) is 0. The molecule has 1 aliphatic carbocycles. The highest BCUT2D eigenvalue weighted by atomic mass is 16.5. The fourth-order valence-electron chi connectivity index (χ4n) is 3.87. The summed E-state index contributed by atoms with van der Waals surface area (Å²) in [7, 11) is 0. The summed E-state index contributed by atoms with van der Waals surface area (Å²) in [4.78, 5) is 8.58. The Kier molecular flexibility index (Phi) is 7.91. The van der Waals surface area contributed by atoms with Gasteiger partial charge in [-0.25, -0.2) is 9.97 Å². The molecule has 1 aromatic carbocycles. The minimum Gasteiger partial charge on any atom is -0.490 e. The van der Waals surface area contributed by atoms with Crippen molar-refractivity contribution in [3.63, 3.8) is 0 Å². The van der Waals surface area contributed by atoms with Crippen molar-refractivity contribution in [2.75, 3.05) is 6.61 Å². The molecular weight excluding hydrogens is 344 g/mol. The topological polar surface area (TPSA) is 35.0 Å². The van der Waals surface area contributed by atoms with E-state index < -0.39 is 0 Å². The van der Waals surface area contributed by atoms with Gasteiger partial charge in [-0.15, -0.1) is 0 Å². The first-order chi connectivity index (χ1) is 13.8. The quantitative estimate of drug-likeness (QED) is 0.431. The van der Waals surface area contributed by atoms with Gasteiger partial charge in [0.15, 0.2) is 5.75 Å². The molecule has 3 nitrogen and oxygen atoms in total. The van der Waals surface area contributed by atoms with Crippen LogP contribution in [0.25, 0.3) is 0 Å². The molecule has 0 saturated heterocycles. The van der Waals surface area contributed by atoms with E-state index in [9.17, 15) is 0 Å². The molecule has 0 aliphatic heterocycles. The molecule has 3 heteroatoms. The largest absolute Gasteiger partial charge is 0.490 e. The number of ether oxygens (including phenoxy) is 1. The number of hydrogen-bond acceptors (Lipinski definition) is 3. The van der Waals surface area contributed by atoms with Crippen molar-refractivity contribution in [3.05, 3.63) is 53.6 Å². The minimum absolute atomic E-state index is 0.530. The lowest BCUT2D eigenvalue weighted by molar-refractivity contribution is 0.304. The van der Waals surface area contributed by atoms with Crippen LogP contribution in [0.3, 0.4) is 0 Å². The average molecular weight is 377 g/mol. The van der Waals surface area contributed by atoms with Gasteiger partial charge >= 0.3 is 0 Å². The fraction of sp³-hybridized carbons (Fsp3) is 0.520. The summed E-state index contributed by atoms with van der Waals surface area (Å²) < 4.78 is 5.64. The Bertz CT molecular complexity index is 763. The lowest BCUT2D eigenvalue weighted by Gasteiger charge is -2.28. The van der Waals surface area contributed by atoms with E-state index in [4.69, 9.17) is 4.74 Å². The second-order valence-electron chi connectivity index (χ2n) is 7.80. The second kappa shape index (κ2) is 10.9. The first-order valence-corrected chi connectivity index (χ1v) is 10.8. The van der Waals surface area contributed by atoms with Crippen LogP contribution in [0.15, 0.2) is 36.7 Å². The fourth-order valence-corrected chi connectivity index (χ4v) is 3.87. The zero-order valence-corrected chi connectivity index (χ0v) is 17.3. The summed E-state index contributed by atoms with van der Waals surface area (Å²) in [5, 5.41) is 0. The molecule has 0 spiro atoms. The molecule has 0 radical (unpaired) electrons. The number of aromatic nitrogens is 2. The molecule has 3 rings (SSSR count). The Balaban J connectivity index is 1.52. The van der Waals surface area contributed by atoms with E-state index in [1.165, 1.54) is 50.5 Å². The van der Waals surface area contributed by atoms with Crippen LogP contribution < -0.4 is 4.74 Å². The van der Waals surface area contributed by atoms with Crippen LogP contribution in [0.4, 0.5) is 0 Å². The molecule has 0 N–H and O–H groups in total. The summed E-state index contributed by atoms with van der Waals surface area (Å²) in [6, 6.07) is 8.74. The predicted octanol–water partition coefficient (Wildman–Crippen LogP) is 6.13. The van der Waals surface area contributed by atoms with E-state index in [0.29, 0.717) is 18.2 Å². The first kappa shape index (κ1) is 20.4. The van der Waals surface area contributed by atoms with Gasteiger partial charge in [0.25, 0.3) is 0 Å². The van der Waals surface area contributed by atoms with E-state index in [2.05, 4.69) is 59.9 Å². The molecule has 1 aromatic heterocycles. The van der Waals surface area contributed by atoms with Gasteiger partial charge in [0.1, 0.15) is 0 Å². The van der Waals surface area contributed by atoms with Crippen LogP contribution in [0.5, 0.6) is 5.75 Å². The van der Waals surface area contributed by atoms with E-state index in [-0.39, 0.29) is 0 Å². The molecule has 0 bridgehead atoms. The highest BCUT2D eigenvalue weighted by Gasteiger charge is 2.20. The molecule has 28 heavy (non-hydrogen) atoms. The maximum Gasteiger partial charge on any atom is 0.205 e. The van der Waals surface area contributed by atoms with Gasteiger partial charge in [-0.3, -0.25) is 0 Å². The number of unbranched alkanes of at least 4 members (excludes halogenated alkanes) is 2. The van der Waals surface area contributed by atoms with E-state index in [0.717, 1.165) is 23.8 Å². The Morgan fingerprint density at radius 2 is 1.64 bits per heavy atom. The van der Waals surface area contributed by atoms with Crippen LogP contribution in [0.2, 0.25) is 0 Å². The molecule has 148 valence electrons. The molecule has 0 amide bonds. The van der Waals surface area contributed by atoms with Gasteiger partial charge in [0.05, 0.1) is 19.0 Å². The summed E-state index contributed by atoms with van der Waals surface area (Å²) in [5.41, 5.74) is 2.47. The third-order valence-electron chi connectivity index (χ3n) is 5.77. The van der Waals surface area contributed by atoms with Crippen LogP contribution in [0.1, 0.15) is 88.1 Å². The van der Waals surface area contributed by atoms with Crippen molar-refractivity contribution >= 4 is 0 Å². The monoisotopic (exact) mass is 376 g/mol. The lowest BCUT2D eigenvalue weighted by atomic mass is 9.78. The van der Waals surface area contributed by atoms with Crippen LogP contribution in [-0.2, 0) is 0 Å². The summed E-state index contributed by atoms with van der Waals surface area (Å²) >= 11 is 0. The zero-order valence-electron chi connectivity index (χ0n) is 17.3. The molecular formula is C25H32N2O. The Labute approximate surface area is 170 Å². The standard InChI is InChI=1S/C25H32N2O/c1-3-5-6-17-28-24-18-26-25(27-19-24)16-11-21-9-14-23(15-10-21)22-12-7-20(4-2)8-13-22/h9-10,14-15,18-20,22H,3-8,12-13,17H2,1-2H3. The molecule has 1 aliphatic rings. The minimum atomic E-state index is 0.530. The number of benzene rings is 1. The first-order valence-electron chi connectivity index (χ1n) is 10.8. The van der Waals surface area contributed by atoms with Gasteiger partial charge in [-0.1, -0.05) is 51.2 Å². The predicted molar refractivity (Wildman–Crippen MR) is 114 cm³/mol. The molecule has 1 heterocycles. The van der Waals surface area contributed by atoms with Crippen molar-refractivity contribution in [3.8, 4) is 17.6 Å². The summed E-state index contributed by atoms with van der Waals surface area (Å²) in [5.74, 6) is 9.12. The van der Waals surface area contributed by atoms with Crippen molar-refractivity contribution in [2.24, 2.45) is 5.92 Å². The smallest absolute Gasteiger partial charge is 0.205 e. The average Bonchev–Trinajstić information content (AvgIpc) is 2.76. The Morgan fingerprint density at radius 3 is 2.29 bits per heavy atom. The Morgan fingerprint density at radius 1 is 0.929 bits per heavy atom. The van der Waals surface area contributed by atoms with Crippen LogP contribution >= 0.6 is 0 Å². The molecule has 0 atom stereocenters. The van der Waals surface area contributed by atoms with Crippen LogP contribution in [0, 0.1) is 17.8 Å². The van der Waals surface area contributed by atoms with Crippen LogP contribution in [-0.4, -0.2) is 16.6 Å². The third kappa shape index (κ3) is 6.09. The SMILES string of the molecule is CCCCCOc1cnc(C#Cc2ccc(C3CCC(CC)CC3)cc2)nc1. The lowest BCUT2D eigenvalue weighted by Crippen LogP contribution is -2.12. The zero-order chi connectivity index (χ0) is 19.6. The van der Waals surface area contributed by atoms with Crippen molar-refractivity contribution < 1.29 is 4.74 Å². The van der Waals surface area contributed by atoms with E-state index >= 15 is 0 Å². The maximum atomic E-state index is 5.64. The summed E-state index contributed by atoms with van der Waals surface area (Å²) in [6.45, 7) is 5.21. The number of rotatable bonds is 7. The Hall–Kier alpha value is -2.34. The van der Waals surface area contributed by atoms with E-state index in [1.807, 2.05) is 0 Å². The van der Waals surface area contributed by atoms with Crippen molar-refractivity contribution in [1.29, 1.82) is 0 Å². The maximum absolute atomic E-state index is 5.64. The van der Waals surface area contributed by atoms with Gasteiger partial charge in [-0.2, -0.15) is 0 Å².